The van der Waals surface area contributed by atoms with E-state index in [0.717, 1.165) is 32.4 Å². The number of amides is 1. The van der Waals surface area contributed by atoms with Gasteiger partial charge in [-0.05, 0) is 52.0 Å². The van der Waals surface area contributed by atoms with Crippen LogP contribution in [0.3, 0.4) is 0 Å². The van der Waals surface area contributed by atoms with E-state index in [4.69, 9.17) is 4.74 Å². The molecule has 3 atom stereocenters. The Balaban J connectivity index is 1.73. The van der Waals surface area contributed by atoms with E-state index in [2.05, 4.69) is 25.7 Å². The van der Waals surface area contributed by atoms with E-state index in [1.165, 1.54) is 32.1 Å². The molecule has 174 valence electrons. The molecule has 0 N–H and O–H groups in total. The topological polar surface area (TPSA) is 66.9 Å². The smallest absolute Gasteiger partial charge is 0.237 e. The van der Waals surface area contributed by atoms with Crippen LogP contribution in [0.25, 0.3) is 0 Å². The van der Waals surface area contributed by atoms with Crippen molar-refractivity contribution in [2.45, 2.75) is 96.7 Å². The van der Waals surface area contributed by atoms with Gasteiger partial charge >= 0.3 is 0 Å². The second-order valence-electron chi connectivity index (χ2n) is 9.60. The molecule has 3 rings (SSSR count). The summed E-state index contributed by atoms with van der Waals surface area (Å²) in [7, 11) is -3.00. The minimum Gasteiger partial charge on any atom is -0.378 e. The van der Waals surface area contributed by atoms with Gasteiger partial charge in [0.25, 0.3) is 0 Å². The fourth-order valence-electron chi connectivity index (χ4n) is 6.21. The van der Waals surface area contributed by atoms with Crippen LogP contribution in [0, 0.1) is 5.41 Å². The first-order valence-corrected chi connectivity index (χ1v) is 14.0. The molecule has 0 aromatic heterocycles. The molecule has 6 nitrogen and oxygen atoms in total. The first-order chi connectivity index (χ1) is 14.4. The molecular formula is C23H42N2O4S. The zero-order chi connectivity index (χ0) is 21.8. The van der Waals surface area contributed by atoms with Gasteiger partial charge < -0.3 is 9.64 Å². The van der Waals surface area contributed by atoms with Crippen molar-refractivity contribution in [3.05, 3.63) is 0 Å². The van der Waals surface area contributed by atoms with Crippen LogP contribution in [0.1, 0.15) is 78.6 Å². The van der Waals surface area contributed by atoms with Crippen LogP contribution in [-0.2, 0) is 19.4 Å². The predicted molar refractivity (Wildman–Crippen MR) is 120 cm³/mol. The lowest BCUT2D eigenvalue weighted by Gasteiger charge is -2.61. The van der Waals surface area contributed by atoms with Gasteiger partial charge in [0.05, 0.1) is 24.2 Å². The lowest BCUT2D eigenvalue weighted by Crippen LogP contribution is -2.66. The molecule has 1 heterocycles. The molecule has 3 aliphatic rings. The summed E-state index contributed by atoms with van der Waals surface area (Å²) in [6.45, 7) is 9.05. The molecule has 0 aromatic carbocycles. The Bertz CT molecular complexity index is 675. The van der Waals surface area contributed by atoms with E-state index in [-0.39, 0.29) is 28.9 Å². The Hall–Kier alpha value is -0.660. The van der Waals surface area contributed by atoms with Gasteiger partial charge in [0.15, 0.2) is 9.84 Å². The summed E-state index contributed by atoms with van der Waals surface area (Å²) in [6.07, 6.45) is 10.0. The Morgan fingerprint density at radius 3 is 2.33 bits per heavy atom. The maximum atomic E-state index is 13.4. The molecule has 0 radical (unpaired) electrons. The molecule has 2 aliphatic carbocycles. The van der Waals surface area contributed by atoms with Gasteiger partial charge in [-0.3, -0.25) is 9.69 Å². The lowest BCUT2D eigenvalue weighted by molar-refractivity contribution is -0.185. The van der Waals surface area contributed by atoms with Crippen molar-refractivity contribution in [1.82, 2.24) is 9.80 Å². The van der Waals surface area contributed by atoms with Gasteiger partial charge in [0.1, 0.15) is 0 Å². The number of sulfone groups is 1. The second kappa shape index (κ2) is 10.3. The van der Waals surface area contributed by atoms with E-state index in [0.29, 0.717) is 31.7 Å². The maximum absolute atomic E-state index is 13.4. The molecule has 1 spiro atoms. The van der Waals surface area contributed by atoms with Gasteiger partial charge in [-0.15, -0.1) is 0 Å². The zero-order valence-corrected chi connectivity index (χ0v) is 20.1. The average molecular weight is 443 g/mol. The van der Waals surface area contributed by atoms with E-state index < -0.39 is 9.84 Å². The van der Waals surface area contributed by atoms with Crippen molar-refractivity contribution in [3.8, 4) is 0 Å². The standard InChI is InChI=1S/C23H42N2O4S/c1-4-13-24(20-16-21(29-6-3)23(20)11-8-7-9-12-23)17-22(26)25(14-5-2)19-10-15-30(27,28)18-19/h19-21H,4-18H2,1-3H3/t19-,20+,21+/m1/s1. The third-order valence-electron chi connectivity index (χ3n) is 7.62. The third-order valence-corrected chi connectivity index (χ3v) is 9.37. The largest absolute Gasteiger partial charge is 0.378 e. The molecule has 0 bridgehead atoms. The number of ether oxygens (including phenoxy) is 1. The van der Waals surface area contributed by atoms with Crippen LogP contribution in [0.2, 0.25) is 0 Å². The number of carbonyl (C=O) groups is 1. The fraction of sp³-hybridized carbons (Fsp3) is 0.957. The van der Waals surface area contributed by atoms with Crippen molar-refractivity contribution >= 4 is 15.7 Å². The minimum atomic E-state index is -3.00. The van der Waals surface area contributed by atoms with Crippen LogP contribution in [0.5, 0.6) is 0 Å². The Kier molecular flexibility index (Phi) is 8.24. The van der Waals surface area contributed by atoms with Crippen molar-refractivity contribution in [2.75, 3.05) is 37.7 Å². The molecule has 0 aromatic rings. The van der Waals surface area contributed by atoms with Crippen molar-refractivity contribution < 1.29 is 17.9 Å². The summed E-state index contributed by atoms with van der Waals surface area (Å²) in [4.78, 5) is 17.7. The summed E-state index contributed by atoms with van der Waals surface area (Å²) in [5.41, 5.74) is 0.204. The fourth-order valence-corrected chi connectivity index (χ4v) is 7.94. The number of nitrogens with zero attached hydrogens (tertiary/aromatic N) is 2. The highest BCUT2D eigenvalue weighted by Gasteiger charge is 2.57. The summed E-state index contributed by atoms with van der Waals surface area (Å²) in [5, 5.41) is 0. The Morgan fingerprint density at radius 1 is 1.07 bits per heavy atom. The molecule has 1 saturated heterocycles. The minimum absolute atomic E-state index is 0.109. The highest BCUT2D eigenvalue weighted by atomic mass is 32.2. The van der Waals surface area contributed by atoms with Crippen LogP contribution in [-0.4, -0.2) is 80.1 Å². The number of hydrogen-bond acceptors (Lipinski definition) is 5. The van der Waals surface area contributed by atoms with Crippen LogP contribution in [0.15, 0.2) is 0 Å². The molecular weight excluding hydrogens is 400 g/mol. The summed E-state index contributed by atoms with van der Waals surface area (Å²) < 4.78 is 30.1. The number of hydrogen-bond donors (Lipinski definition) is 0. The van der Waals surface area contributed by atoms with Gasteiger partial charge in [-0.1, -0.05) is 33.1 Å². The Labute approximate surface area is 183 Å². The molecule has 1 aliphatic heterocycles. The van der Waals surface area contributed by atoms with Gasteiger partial charge in [-0.2, -0.15) is 0 Å². The first kappa shape index (κ1) is 24.0. The summed E-state index contributed by atoms with van der Waals surface area (Å²) in [5.74, 6) is 0.455. The van der Waals surface area contributed by atoms with E-state index in [9.17, 15) is 13.2 Å². The van der Waals surface area contributed by atoms with Gasteiger partial charge in [0, 0.05) is 30.7 Å². The monoisotopic (exact) mass is 442 g/mol. The third kappa shape index (κ3) is 5.04. The maximum Gasteiger partial charge on any atom is 0.237 e. The molecule has 3 fully saturated rings. The molecule has 7 heteroatoms. The first-order valence-electron chi connectivity index (χ1n) is 12.2. The predicted octanol–water partition coefficient (Wildman–Crippen LogP) is 3.25. The van der Waals surface area contributed by atoms with Gasteiger partial charge in [0.2, 0.25) is 5.91 Å². The molecule has 2 saturated carbocycles. The van der Waals surface area contributed by atoms with E-state index >= 15 is 0 Å². The summed E-state index contributed by atoms with van der Waals surface area (Å²) in [6, 6.07) is 0.265. The zero-order valence-electron chi connectivity index (χ0n) is 19.3. The second-order valence-corrected chi connectivity index (χ2v) is 11.8. The van der Waals surface area contributed by atoms with Crippen LogP contribution < -0.4 is 0 Å². The SMILES string of the molecule is CCCN(CC(=O)N(CCC)[C@@H]1CCS(=O)(=O)C1)[C@H]1C[C@H](OCC)C12CCCCC2. The van der Waals surface area contributed by atoms with Crippen molar-refractivity contribution in [2.24, 2.45) is 5.41 Å². The van der Waals surface area contributed by atoms with E-state index in [1.807, 2.05) is 4.90 Å². The average Bonchev–Trinajstić information content (AvgIpc) is 3.08. The van der Waals surface area contributed by atoms with Crippen LogP contribution >= 0.6 is 0 Å². The Morgan fingerprint density at radius 2 is 1.77 bits per heavy atom. The highest BCUT2D eigenvalue weighted by Crippen LogP contribution is 2.55. The molecule has 0 unspecified atom stereocenters. The lowest BCUT2D eigenvalue weighted by atomic mass is 9.54. The quantitative estimate of drug-likeness (QED) is 0.520. The van der Waals surface area contributed by atoms with Crippen molar-refractivity contribution in [3.63, 3.8) is 0 Å². The molecule has 30 heavy (non-hydrogen) atoms. The number of rotatable bonds is 10. The number of carbonyl (C=O) groups excluding carboxylic acids is 1. The van der Waals surface area contributed by atoms with Crippen molar-refractivity contribution in [1.29, 1.82) is 0 Å². The normalized spacial score (nSPS) is 29.8. The van der Waals surface area contributed by atoms with E-state index in [1.54, 1.807) is 0 Å². The van der Waals surface area contributed by atoms with Gasteiger partial charge in [-0.25, -0.2) is 8.42 Å². The molecule has 1 amide bonds. The summed E-state index contributed by atoms with van der Waals surface area (Å²) >= 11 is 0. The van der Waals surface area contributed by atoms with Crippen LogP contribution in [0.4, 0.5) is 0 Å². The highest BCUT2D eigenvalue weighted by molar-refractivity contribution is 7.91.